The Labute approximate surface area is 104 Å². The van der Waals surface area contributed by atoms with Crippen LogP contribution in [0.3, 0.4) is 0 Å². The molecular formula is C13H25NO3. The normalized spacial score (nSPS) is 34.8. The van der Waals surface area contributed by atoms with E-state index in [0.717, 1.165) is 51.9 Å². The summed E-state index contributed by atoms with van der Waals surface area (Å²) < 4.78 is 5.52. The Kier molecular flexibility index (Phi) is 4.08. The van der Waals surface area contributed by atoms with E-state index in [-0.39, 0.29) is 12.0 Å². The maximum absolute atomic E-state index is 9.92. The SMILES string of the molecule is CC1(O)CCN(CC2(CO)CCCOC2)CC1. The first kappa shape index (κ1) is 13.3. The number of nitrogens with zero attached hydrogens (tertiary/aromatic N) is 1. The van der Waals surface area contributed by atoms with Gasteiger partial charge in [0.25, 0.3) is 0 Å². The second kappa shape index (κ2) is 5.22. The molecule has 2 N–H and O–H groups in total. The number of aliphatic hydroxyl groups is 2. The van der Waals surface area contributed by atoms with Crippen molar-refractivity contribution in [2.24, 2.45) is 5.41 Å². The molecule has 2 aliphatic rings. The third-order valence-corrected chi connectivity index (χ3v) is 4.23. The summed E-state index contributed by atoms with van der Waals surface area (Å²) in [6, 6.07) is 0. The zero-order valence-corrected chi connectivity index (χ0v) is 10.8. The fraction of sp³-hybridized carbons (Fsp3) is 1.00. The summed E-state index contributed by atoms with van der Waals surface area (Å²) in [7, 11) is 0. The summed E-state index contributed by atoms with van der Waals surface area (Å²) in [5.41, 5.74) is -0.562. The first-order chi connectivity index (χ1) is 8.05. The molecule has 0 aliphatic carbocycles. The van der Waals surface area contributed by atoms with Crippen LogP contribution in [0.1, 0.15) is 32.6 Å². The first-order valence-electron chi connectivity index (χ1n) is 6.69. The van der Waals surface area contributed by atoms with Gasteiger partial charge >= 0.3 is 0 Å². The lowest BCUT2D eigenvalue weighted by Crippen LogP contribution is -2.50. The minimum Gasteiger partial charge on any atom is -0.396 e. The van der Waals surface area contributed by atoms with Crippen molar-refractivity contribution in [3.63, 3.8) is 0 Å². The van der Waals surface area contributed by atoms with E-state index in [1.165, 1.54) is 0 Å². The molecule has 0 amide bonds. The van der Waals surface area contributed by atoms with Gasteiger partial charge in [0, 0.05) is 31.7 Å². The number of hydrogen-bond donors (Lipinski definition) is 2. The van der Waals surface area contributed by atoms with Gasteiger partial charge in [-0.3, -0.25) is 0 Å². The molecule has 0 aromatic carbocycles. The van der Waals surface area contributed by atoms with Crippen LogP contribution in [0.4, 0.5) is 0 Å². The van der Waals surface area contributed by atoms with Crippen LogP contribution in [-0.2, 0) is 4.74 Å². The Morgan fingerprint density at radius 3 is 2.47 bits per heavy atom. The van der Waals surface area contributed by atoms with Crippen molar-refractivity contribution in [1.82, 2.24) is 4.90 Å². The van der Waals surface area contributed by atoms with Gasteiger partial charge in [-0.2, -0.15) is 0 Å². The van der Waals surface area contributed by atoms with Crippen LogP contribution < -0.4 is 0 Å². The van der Waals surface area contributed by atoms with Crippen molar-refractivity contribution in [3.8, 4) is 0 Å². The van der Waals surface area contributed by atoms with E-state index in [4.69, 9.17) is 4.74 Å². The maximum Gasteiger partial charge on any atom is 0.0644 e. The molecule has 17 heavy (non-hydrogen) atoms. The molecule has 4 nitrogen and oxygen atoms in total. The van der Waals surface area contributed by atoms with Crippen LogP contribution in [0.15, 0.2) is 0 Å². The van der Waals surface area contributed by atoms with Gasteiger partial charge in [0.1, 0.15) is 0 Å². The van der Waals surface area contributed by atoms with E-state index in [9.17, 15) is 10.2 Å². The zero-order valence-electron chi connectivity index (χ0n) is 10.8. The van der Waals surface area contributed by atoms with Gasteiger partial charge < -0.3 is 19.8 Å². The monoisotopic (exact) mass is 243 g/mol. The Balaban J connectivity index is 1.87. The quantitative estimate of drug-likeness (QED) is 0.763. The topological polar surface area (TPSA) is 52.9 Å². The van der Waals surface area contributed by atoms with E-state index in [0.29, 0.717) is 6.61 Å². The molecule has 2 aliphatic heterocycles. The summed E-state index contributed by atoms with van der Waals surface area (Å²) in [6.07, 6.45) is 3.76. The van der Waals surface area contributed by atoms with Gasteiger partial charge in [-0.1, -0.05) is 0 Å². The molecule has 0 bridgehead atoms. The second-order valence-corrected chi connectivity index (χ2v) is 6.09. The summed E-state index contributed by atoms with van der Waals surface area (Å²) in [6.45, 7) is 6.38. The van der Waals surface area contributed by atoms with Gasteiger partial charge in [-0.25, -0.2) is 0 Å². The van der Waals surface area contributed by atoms with Crippen molar-refractivity contribution < 1.29 is 14.9 Å². The second-order valence-electron chi connectivity index (χ2n) is 6.09. The predicted molar refractivity (Wildman–Crippen MR) is 65.9 cm³/mol. The van der Waals surface area contributed by atoms with E-state index in [1.54, 1.807) is 0 Å². The Morgan fingerprint density at radius 2 is 1.94 bits per heavy atom. The zero-order chi connectivity index (χ0) is 12.4. The molecule has 1 atom stereocenters. The lowest BCUT2D eigenvalue weighted by molar-refractivity contribution is -0.0711. The number of ether oxygens (including phenoxy) is 1. The predicted octanol–water partition coefficient (Wildman–Crippen LogP) is 0.622. The van der Waals surface area contributed by atoms with Crippen LogP contribution in [0, 0.1) is 5.41 Å². The largest absolute Gasteiger partial charge is 0.396 e. The third kappa shape index (κ3) is 3.41. The van der Waals surface area contributed by atoms with Crippen molar-refractivity contribution >= 4 is 0 Å². The van der Waals surface area contributed by atoms with Crippen LogP contribution in [-0.4, -0.2) is 60.2 Å². The molecule has 2 fully saturated rings. The minimum absolute atomic E-state index is 0.0680. The summed E-state index contributed by atoms with van der Waals surface area (Å²) in [5, 5.41) is 19.5. The molecule has 0 radical (unpaired) electrons. The Hall–Kier alpha value is -0.160. The maximum atomic E-state index is 9.92. The number of hydrogen-bond acceptors (Lipinski definition) is 4. The molecule has 2 rings (SSSR count). The van der Waals surface area contributed by atoms with Gasteiger partial charge in [0.05, 0.1) is 18.8 Å². The molecule has 2 heterocycles. The molecule has 1 unspecified atom stereocenters. The molecule has 0 aromatic heterocycles. The van der Waals surface area contributed by atoms with E-state index in [1.807, 2.05) is 6.92 Å². The Bertz CT molecular complexity index is 239. The van der Waals surface area contributed by atoms with E-state index in [2.05, 4.69) is 4.90 Å². The van der Waals surface area contributed by atoms with Crippen molar-refractivity contribution in [1.29, 1.82) is 0 Å². The molecular weight excluding hydrogens is 218 g/mol. The van der Waals surface area contributed by atoms with Crippen LogP contribution in [0.25, 0.3) is 0 Å². The lowest BCUT2D eigenvalue weighted by atomic mass is 9.82. The van der Waals surface area contributed by atoms with Crippen molar-refractivity contribution in [3.05, 3.63) is 0 Å². The van der Waals surface area contributed by atoms with E-state index < -0.39 is 5.60 Å². The highest BCUT2D eigenvalue weighted by atomic mass is 16.5. The number of likely N-dealkylation sites (tertiary alicyclic amines) is 1. The van der Waals surface area contributed by atoms with Crippen molar-refractivity contribution in [2.45, 2.75) is 38.2 Å². The van der Waals surface area contributed by atoms with Gasteiger partial charge in [0.2, 0.25) is 0 Å². The molecule has 0 aromatic rings. The highest BCUT2D eigenvalue weighted by Gasteiger charge is 2.36. The third-order valence-electron chi connectivity index (χ3n) is 4.23. The summed E-state index contributed by atoms with van der Waals surface area (Å²) >= 11 is 0. The van der Waals surface area contributed by atoms with E-state index >= 15 is 0 Å². The Morgan fingerprint density at radius 1 is 1.24 bits per heavy atom. The number of rotatable bonds is 3. The number of piperidine rings is 1. The van der Waals surface area contributed by atoms with Crippen LogP contribution in [0.5, 0.6) is 0 Å². The van der Waals surface area contributed by atoms with Crippen LogP contribution in [0.2, 0.25) is 0 Å². The number of aliphatic hydroxyl groups excluding tert-OH is 1. The average Bonchev–Trinajstić information content (AvgIpc) is 2.33. The van der Waals surface area contributed by atoms with Gasteiger partial charge in [-0.15, -0.1) is 0 Å². The molecule has 0 spiro atoms. The van der Waals surface area contributed by atoms with Gasteiger partial charge in [0.15, 0.2) is 0 Å². The minimum atomic E-state index is -0.494. The molecule has 4 heteroatoms. The molecule has 0 saturated carbocycles. The molecule has 2 saturated heterocycles. The highest BCUT2D eigenvalue weighted by molar-refractivity contribution is 4.88. The summed E-state index contributed by atoms with van der Waals surface area (Å²) in [4.78, 5) is 2.36. The summed E-state index contributed by atoms with van der Waals surface area (Å²) in [5.74, 6) is 0. The van der Waals surface area contributed by atoms with Gasteiger partial charge in [-0.05, 0) is 32.6 Å². The highest BCUT2D eigenvalue weighted by Crippen LogP contribution is 2.31. The van der Waals surface area contributed by atoms with Crippen molar-refractivity contribution in [2.75, 3.05) is 39.5 Å². The fourth-order valence-electron chi connectivity index (χ4n) is 2.88. The standard InChI is InChI=1S/C13H25NO3/c1-12(16)4-6-14(7-5-12)9-13(10-15)3-2-8-17-11-13/h15-16H,2-11H2,1H3. The fourth-order valence-corrected chi connectivity index (χ4v) is 2.88. The first-order valence-corrected chi connectivity index (χ1v) is 6.69. The molecule has 100 valence electrons. The lowest BCUT2D eigenvalue weighted by Gasteiger charge is -2.43. The average molecular weight is 243 g/mol. The van der Waals surface area contributed by atoms with Crippen LogP contribution >= 0.6 is 0 Å². The smallest absolute Gasteiger partial charge is 0.0644 e.